The summed E-state index contributed by atoms with van der Waals surface area (Å²) in [4.78, 5) is 2.42. The highest BCUT2D eigenvalue weighted by Crippen LogP contribution is 2.42. The number of thiophene rings is 1. The van der Waals surface area contributed by atoms with Crippen molar-refractivity contribution in [3.8, 4) is 16.8 Å². The molecule has 7 aromatic carbocycles. The van der Waals surface area contributed by atoms with Crippen LogP contribution in [0.2, 0.25) is 0 Å². The van der Waals surface area contributed by atoms with Crippen molar-refractivity contribution in [2.75, 3.05) is 4.90 Å². The van der Waals surface area contributed by atoms with Crippen molar-refractivity contribution in [3.05, 3.63) is 169 Å². The number of benzene rings is 7. The molecular formula is C47H36N2S. The zero-order chi connectivity index (χ0) is 33.0. The number of hydrogen-bond acceptors (Lipinski definition) is 2. The number of fused-ring (bicyclic) bond motifs is 6. The van der Waals surface area contributed by atoms with E-state index in [1.165, 1.54) is 101 Å². The van der Waals surface area contributed by atoms with Gasteiger partial charge in [-0.15, -0.1) is 11.3 Å². The highest BCUT2D eigenvalue weighted by molar-refractivity contribution is 7.25. The van der Waals surface area contributed by atoms with Crippen LogP contribution in [0.25, 0.3) is 58.8 Å². The van der Waals surface area contributed by atoms with Gasteiger partial charge in [-0.05, 0) is 108 Å². The van der Waals surface area contributed by atoms with Crippen molar-refractivity contribution in [2.45, 2.75) is 31.6 Å². The smallest absolute Gasteiger partial charge is 0.0541 e. The van der Waals surface area contributed by atoms with Gasteiger partial charge in [-0.2, -0.15) is 0 Å². The molecule has 1 aliphatic rings. The summed E-state index contributed by atoms with van der Waals surface area (Å²) in [5.41, 5.74) is 11.1. The summed E-state index contributed by atoms with van der Waals surface area (Å²) >= 11 is 1.87. The van der Waals surface area contributed by atoms with Crippen LogP contribution >= 0.6 is 11.3 Å². The van der Waals surface area contributed by atoms with Crippen LogP contribution < -0.4 is 4.90 Å². The van der Waals surface area contributed by atoms with Gasteiger partial charge in [-0.3, -0.25) is 0 Å². The van der Waals surface area contributed by atoms with Gasteiger partial charge in [0, 0.05) is 53.7 Å². The number of anilines is 3. The van der Waals surface area contributed by atoms with Crippen LogP contribution in [0.3, 0.4) is 0 Å². The van der Waals surface area contributed by atoms with E-state index in [4.69, 9.17) is 0 Å². The fraction of sp³-hybridized carbons (Fsp3) is 0.106. The number of para-hydroxylation sites is 2. The Balaban J connectivity index is 1.02. The second-order valence-corrected chi connectivity index (χ2v) is 14.7. The molecule has 2 heterocycles. The molecule has 1 saturated carbocycles. The molecule has 10 rings (SSSR count). The van der Waals surface area contributed by atoms with Crippen LogP contribution in [-0.2, 0) is 0 Å². The molecule has 0 aliphatic heterocycles. The minimum atomic E-state index is 0.701. The minimum absolute atomic E-state index is 0.701. The number of hydrogen-bond donors (Lipinski definition) is 0. The SMILES string of the molecule is c1ccc2c(c1)sc1ccc(N(c3ccc(-c4ccc(-n5c6ccccc6c6ccccc65)cc4)cc3)c3ccc(C4CCCC4)cc3)cc12. The Morgan fingerprint density at radius 1 is 0.460 bits per heavy atom. The lowest BCUT2D eigenvalue weighted by Crippen LogP contribution is -2.10. The van der Waals surface area contributed by atoms with E-state index < -0.39 is 0 Å². The molecule has 9 aromatic rings. The Bertz CT molecular complexity index is 2580. The van der Waals surface area contributed by atoms with Crippen LogP contribution in [0.5, 0.6) is 0 Å². The van der Waals surface area contributed by atoms with Gasteiger partial charge >= 0.3 is 0 Å². The van der Waals surface area contributed by atoms with E-state index in [1.54, 1.807) is 0 Å². The molecule has 0 unspecified atom stereocenters. The highest BCUT2D eigenvalue weighted by Gasteiger charge is 2.19. The van der Waals surface area contributed by atoms with Crippen molar-refractivity contribution in [1.82, 2.24) is 4.57 Å². The normalized spacial score (nSPS) is 13.6. The molecular weight excluding hydrogens is 625 g/mol. The van der Waals surface area contributed by atoms with E-state index in [-0.39, 0.29) is 0 Å². The van der Waals surface area contributed by atoms with Crippen LogP contribution in [0.15, 0.2) is 164 Å². The largest absolute Gasteiger partial charge is 0.310 e. The average molecular weight is 661 g/mol. The van der Waals surface area contributed by atoms with Gasteiger partial charge in [0.1, 0.15) is 0 Å². The van der Waals surface area contributed by atoms with E-state index >= 15 is 0 Å². The second-order valence-electron chi connectivity index (χ2n) is 13.7. The van der Waals surface area contributed by atoms with Crippen molar-refractivity contribution in [3.63, 3.8) is 0 Å². The van der Waals surface area contributed by atoms with Crippen molar-refractivity contribution >= 4 is 70.4 Å². The van der Waals surface area contributed by atoms with Gasteiger partial charge < -0.3 is 9.47 Å². The van der Waals surface area contributed by atoms with Gasteiger partial charge in [0.05, 0.1) is 11.0 Å². The van der Waals surface area contributed by atoms with E-state index in [1.807, 2.05) is 11.3 Å². The third-order valence-electron chi connectivity index (χ3n) is 10.8. The Morgan fingerprint density at radius 3 is 1.64 bits per heavy atom. The maximum absolute atomic E-state index is 2.42. The van der Waals surface area contributed by atoms with E-state index in [2.05, 4.69) is 173 Å². The van der Waals surface area contributed by atoms with E-state index in [0.29, 0.717) is 5.92 Å². The van der Waals surface area contributed by atoms with Crippen LogP contribution in [0.4, 0.5) is 17.1 Å². The van der Waals surface area contributed by atoms with Gasteiger partial charge in [-0.1, -0.05) is 104 Å². The molecule has 0 atom stereocenters. The summed E-state index contributed by atoms with van der Waals surface area (Å²) in [5.74, 6) is 0.701. The molecule has 0 radical (unpaired) electrons. The number of nitrogens with zero attached hydrogens (tertiary/aromatic N) is 2. The van der Waals surface area contributed by atoms with E-state index in [0.717, 1.165) is 5.69 Å². The topological polar surface area (TPSA) is 8.17 Å². The lowest BCUT2D eigenvalue weighted by molar-refractivity contribution is 0.723. The van der Waals surface area contributed by atoms with Gasteiger partial charge in [0.25, 0.3) is 0 Å². The molecule has 0 N–H and O–H groups in total. The van der Waals surface area contributed by atoms with Crippen LogP contribution in [0, 0.1) is 0 Å². The standard InChI is InChI=1S/C47H36N2S/c1-2-10-32(9-1)33-17-23-36(24-18-33)48(39-29-30-47-43(31-39)42-13-5-8-16-46(42)50-47)37-25-19-34(20-26-37)35-21-27-38(28-22-35)49-44-14-6-3-11-40(44)41-12-4-7-15-45(41)49/h3-8,11-32H,1-2,9-10H2. The molecule has 240 valence electrons. The molecule has 0 spiro atoms. The molecule has 50 heavy (non-hydrogen) atoms. The monoisotopic (exact) mass is 660 g/mol. The zero-order valence-electron chi connectivity index (χ0n) is 27.8. The average Bonchev–Trinajstić information content (AvgIpc) is 3.93. The van der Waals surface area contributed by atoms with Crippen molar-refractivity contribution in [2.24, 2.45) is 0 Å². The lowest BCUT2D eigenvalue weighted by Gasteiger charge is -2.26. The van der Waals surface area contributed by atoms with Crippen molar-refractivity contribution in [1.29, 1.82) is 0 Å². The molecule has 3 heteroatoms. The minimum Gasteiger partial charge on any atom is -0.310 e. The van der Waals surface area contributed by atoms with Gasteiger partial charge in [0.15, 0.2) is 0 Å². The molecule has 2 nitrogen and oxygen atoms in total. The third kappa shape index (κ3) is 4.92. The highest BCUT2D eigenvalue weighted by atomic mass is 32.1. The molecule has 1 fully saturated rings. The van der Waals surface area contributed by atoms with Crippen molar-refractivity contribution < 1.29 is 0 Å². The fourth-order valence-corrected chi connectivity index (χ4v) is 9.35. The van der Waals surface area contributed by atoms with Gasteiger partial charge in [0.2, 0.25) is 0 Å². The summed E-state index contributed by atoms with van der Waals surface area (Å²) in [5, 5.41) is 5.21. The quantitative estimate of drug-likeness (QED) is 0.172. The first-order chi connectivity index (χ1) is 24.8. The van der Waals surface area contributed by atoms with Crippen LogP contribution in [0.1, 0.15) is 37.2 Å². The Hall–Kier alpha value is -5.64. The number of rotatable bonds is 6. The van der Waals surface area contributed by atoms with Gasteiger partial charge in [-0.25, -0.2) is 0 Å². The Morgan fingerprint density at radius 2 is 0.980 bits per heavy atom. The molecule has 2 aromatic heterocycles. The first-order valence-electron chi connectivity index (χ1n) is 17.8. The fourth-order valence-electron chi connectivity index (χ4n) is 8.26. The summed E-state index contributed by atoms with van der Waals surface area (Å²) < 4.78 is 5.04. The van der Waals surface area contributed by atoms with E-state index in [9.17, 15) is 0 Å². The summed E-state index contributed by atoms with van der Waals surface area (Å²) in [6.07, 6.45) is 5.32. The lowest BCUT2D eigenvalue weighted by atomic mass is 9.97. The summed E-state index contributed by atoms with van der Waals surface area (Å²) in [6.45, 7) is 0. The molecule has 1 aliphatic carbocycles. The summed E-state index contributed by atoms with van der Waals surface area (Å²) in [6, 6.07) is 60.6. The predicted octanol–water partition coefficient (Wildman–Crippen LogP) is 13.9. The molecule has 0 amide bonds. The zero-order valence-corrected chi connectivity index (χ0v) is 28.6. The number of aromatic nitrogens is 1. The second kappa shape index (κ2) is 12.0. The summed E-state index contributed by atoms with van der Waals surface area (Å²) in [7, 11) is 0. The Labute approximate surface area is 296 Å². The first-order valence-corrected chi connectivity index (χ1v) is 18.6. The maximum atomic E-state index is 2.42. The molecule has 0 saturated heterocycles. The Kier molecular flexibility index (Phi) is 7.06. The third-order valence-corrected chi connectivity index (χ3v) is 11.9. The molecule has 0 bridgehead atoms. The maximum Gasteiger partial charge on any atom is 0.0541 e. The first kappa shape index (κ1) is 29.3. The predicted molar refractivity (Wildman–Crippen MR) is 215 cm³/mol. The van der Waals surface area contributed by atoms with Crippen LogP contribution in [-0.4, -0.2) is 4.57 Å².